The maximum absolute atomic E-state index is 12.6. The molecule has 0 spiro atoms. The van der Waals surface area contributed by atoms with Crippen molar-refractivity contribution in [3.05, 3.63) is 41.9 Å². The predicted octanol–water partition coefficient (Wildman–Crippen LogP) is 4.09. The highest BCUT2D eigenvalue weighted by Gasteiger charge is 2.15. The van der Waals surface area contributed by atoms with Crippen molar-refractivity contribution < 1.29 is 4.79 Å². The Morgan fingerprint density at radius 2 is 1.69 bits per heavy atom. The van der Waals surface area contributed by atoms with Crippen molar-refractivity contribution in [1.29, 1.82) is 0 Å². The van der Waals surface area contributed by atoms with Gasteiger partial charge in [-0.2, -0.15) is 0 Å². The third-order valence-corrected chi connectivity index (χ3v) is 3.83. The molecular weight excluding hydrogens is 326 g/mol. The number of carbonyl (C=O) groups is 1. The molecule has 1 aromatic carbocycles. The van der Waals surface area contributed by atoms with Gasteiger partial charge >= 0.3 is 0 Å². The minimum atomic E-state index is -0.247. The molecule has 2 aromatic rings. The molecule has 0 bridgehead atoms. The summed E-state index contributed by atoms with van der Waals surface area (Å²) in [6, 6.07) is 9.53. The number of benzene rings is 1. The van der Waals surface area contributed by atoms with E-state index in [-0.39, 0.29) is 11.4 Å². The van der Waals surface area contributed by atoms with Gasteiger partial charge < -0.3 is 15.5 Å². The zero-order valence-electron chi connectivity index (χ0n) is 16.6. The van der Waals surface area contributed by atoms with Crippen LogP contribution in [0.3, 0.4) is 0 Å². The number of carbonyl (C=O) groups excluding carboxylic acids is 1. The van der Waals surface area contributed by atoms with Crippen LogP contribution in [0.2, 0.25) is 0 Å². The molecule has 0 radical (unpaired) electrons. The van der Waals surface area contributed by atoms with Gasteiger partial charge in [0.2, 0.25) is 0 Å². The summed E-state index contributed by atoms with van der Waals surface area (Å²) < 4.78 is 0. The number of rotatable bonds is 6. The molecule has 0 aliphatic rings. The molecule has 1 heterocycles. The molecule has 140 valence electrons. The fourth-order valence-corrected chi connectivity index (χ4v) is 2.67. The smallest absolute Gasteiger partial charge is 0.274 e. The molecule has 2 rings (SSSR count). The number of hydrogen-bond donors (Lipinski definition) is 2. The van der Waals surface area contributed by atoms with E-state index in [1.165, 1.54) is 0 Å². The van der Waals surface area contributed by atoms with E-state index in [2.05, 4.69) is 39.3 Å². The van der Waals surface area contributed by atoms with Crippen molar-refractivity contribution >= 4 is 23.1 Å². The van der Waals surface area contributed by atoms with Gasteiger partial charge in [-0.1, -0.05) is 0 Å². The maximum Gasteiger partial charge on any atom is 0.274 e. The summed E-state index contributed by atoms with van der Waals surface area (Å²) in [5, 5.41) is 6.18. The van der Waals surface area contributed by atoms with Crippen molar-refractivity contribution in [3.8, 4) is 0 Å². The van der Waals surface area contributed by atoms with Crippen LogP contribution < -0.4 is 15.5 Å². The first-order chi connectivity index (χ1) is 12.2. The summed E-state index contributed by atoms with van der Waals surface area (Å²) >= 11 is 0. The summed E-state index contributed by atoms with van der Waals surface area (Å²) in [5.41, 5.74) is 2.08. The summed E-state index contributed by atoms with van der Waals surface area (Å²) in [6.45, 7) is 14.1. The van der Waals surface area contributed by atoms with Gasteiger partial charge in [-0.3, -0.25) is 4.79 Å². The van der Waals surface area contributed by atoms with Crippen LogP contribution in [0.25, 0.3) is 0 Å². The molecule has 2 N–H and O–H groups in total. The summed E-state index contributed by atoms with van der Waals surface area (Å²) in [6.07, 6.45) is 0. The monoisotopic (exact) mass is 355 g/mol. The SMILES string of the molecule is CCN(CC)c1ccc(NC(=O)c2cc(NC(C)(C)C)nc(C)n2)cc1. The number of anilines is 3. The second-order valence-corrected chi connectivity index (χ2v) is 7.23. The maximum atomic E-state index is 12.6. The lowest BCUT2D eigenvalue weighted by Gasteiger charge is -2.22. The molecule has 0 unspecified atom stereocenters. The third kappa shape index (κ3) is 5.44. The van der Waals surface area contributed by atoms with E-state index in [0.717, 1.165) is 24.5 Å². The number of amides is 1. The van der Waals surface area contributed by atoms with Crippen LogP contribution in [0.5, 0.6) is 0 Å². The van der Waals surface area contributed by atoms with Crippen LogP contribution in [0, 0.1) is 6.92 Å². The van der Waals surface area contributed by atoms with Gasteiger partial charge in [-0.05, 0) is 65.8 Å². The predicted molar refractivity (Wildman–Crippen MR) is 108 cm³/mol. The van der Waals surface area contributed by atoms with Gasteiger partial charge in [-0.15, -0.1) is 0 Å². The Balaban J connectivity index is 2.14. The highest BCUT2D eigenvalue weighted by Crippen LogP contribution is 2.19. The Morgan fingerprint density at radius 3 is 2.23 bits per heavy atom. The lowest BCUT2D eigenvalue weighted by Crippen LogP contribution is -2.27. The van der Waals surface area contributed by atoms with Crippen LogP contribution in [0.4, 0.5) is 17.2 Å². The minimum absolute atomic E-state index is 0.144. The third-order valence-electron chi connectivity index (χ3n) is 3.83. The molecule has 6 heteroatoms. The number of hydrogen-bond acceptors (Lipinski definition) is 5. The van der Waals surface area contributed by atoms with Crippen LogP contribution >= 0.6 is 0 Å². The van der Waals surface area contributed by atoms with Crippen LogP contribution in [0.1, 0.15) is 50.9 Å². The van der Waals surface area contributed by atoms with Gasteiger partial charge in [-0.25, -0.2) is 9.97 Å². The standard InChI is InChI=1S/C20H29N5O/c1-7-25(8-2)16-11-9-15(10-12-16)23-19(26)17-13-18(22-14(3)21-17)24-20(4,5)6/h9-13H,7-8H2,1-6H3,(H,23,26)(H,21,22,24). The molecule has 0 aliphatic carbocycles. The van der Waals surface area contributed by atoms with Crippen molar-refractivity contribution in [2.75, 3.05) is 28.6 Å². The van der Waals surface area contributed by atoms with Crippen LogP contribution in [-0.4, -0.2) is 34.5 Å². The molecule has 26 heavy (non-hydrogen) atoms. The van der Waals surface area contributed by atoms with Crippen molar-refractivity contribution in [3.63, 3.8) is 0 Å². The lowest BCUT2D eigenvalue weighted by molar-refractivity contribution is 0.102. The molecule has 0 saturated carbocycles. The van der Waals surface area contributed by atoms with E-state index in [1.54, 1.807) is 13.0 Å². The second kappa shape index (κ2) is 8.17. The highest BCUT2D eigenvalue weighted by molar-refractivity contribution is 6.03. The summed E-state index contributed by atoms with van der Waals surface area (Å²) in [4.78, 5) is 23.4. The van der Waals surface area contributed by atoms with Gasteiger partial charge in [0.1, 0.15) is 17.3 Å². The normalized spacial score (nSPS) is 11.2. The first kappa shape index (κ1) is 19.7. The van der Waals surface area contributed by atoms with E-state index in [4.69, 9.17) is 0 Å². The minimum Gasteiger partial charge on any atom is -0.372 e. The Hall–Kier alpha value is -2.63. The van der Waals surface area contributed by atoms with Crippen molar-refractivity contribution in [2.24, 2.45) is 0 Å². The quantitative estimate of drug-likeness (QED) is 0.816. The van der Waals surface area contributed by atoms with E-state index in [1.807, 2.05) is 45.0 Å². The zero-order valence-corrected chi connectivity index (χ0v) is 16.6. The number of aromatic nitrogens is 2. The topological polar surface area (TPSA) is 70.2 Å². The van der Waals surface area contributed by atoms with Crippen molar-refractivity contribution in [2.45, 2.75) is 47.1 Å². The Bertz CT molecular complexity index is 746. The summed E-state index contributed by atoms with van der Waals surface area (Å²) in [7, 11) is 0. The lowest BCUT2D eigenvalue weighted by atomic mass is 10.1. The van der Waals surface area contributed by atoms with Gasteiger partial charge in [0.25, 0.3) is 5.91 Å². The second-order valence-electron chi connectivity index (χ2n) is 7.23. The zero-order chi connectivity index (χ0) is 19.3. The van der Waals surface area contributed by atoms with Gasteiger partial charge in [0, 0.05) is 36.1 Å². The van der Waals surface area contributed by atoms with E-state index >= 15 is 0 Å². The molecule has 0 saturated heterocycles. The number of nitrogens with one attached hydrogen (secondary N) is 2. The van der Waals surface area contributed by atoms with Crippen LogP contribution in [-0.2, 0) is 0 Å². The molecule has 6 nitrogen and oxygen atoms in total. The number of aryl methyl sites for hydroxylation is 1. The Morgan fingerprint density at radius 1 is 1.08 bits per heavy atom. The molecule has 1 aromatic heterocycles. The van der Waals surface area contributed by atoms with Crippen LogP contribution in [0.15, 0.2) is 30.3 Å². The first-order valence-electron chi connectivity index (χ1n) is 9.02. The first-order valence-corrected chi connectivity index (χ1v) is 9.02. The number of nitrogens with zero attached hydrogens (tertiary/aromatic N) is 3. The fourth-order valence-electron chi connectivity index (χ4n) is 2.67. The van der Waals surface area contributed by atoms with Crippen molar-refractivity contribution in [1.82, 2.24) is 9.97 Å². The van der Waals surface area contributed by atoms with E-state index < -0.39 is 0 Å². The molecule has 1 amide bonds. The summed E-state index contributed by atoms with van der Waals surface area (Å²) in [5.74, 6) is 0.955. The molecule has 0 fully saturated rings. The van der Waals surface area contributed by atoms with E-state index in [0.29, 0.717) is 17.3 Å². The highest BCUT2D eigenvalue weighted by atomic mass is 16.1. The molecular formula is C20H29N5O. The molecule has 0 aliphatic heterocycles. The molecule has 0 atom stereocenters. The Kier molecular flexibility index (Phi) is 6.18. The van der Waals surface area contributed by atoms with Gasteiger partial charge in [0.05, 0.1) is 0 Å². The van der Waals surface area contributed by atoms with Gasteiger partial charge in [0.15, 0.2) is 0 Å². The Labute approximate surface area is 156 Å². The fraction of sp³-hybridized carbons (Fsp3) is 0.450. The average Bonchev–Trinajstić information content (AvgIpc) is 2.55. The van der Waals surface area contributed by atoms with E-state index in [9.17, 15) is 4.79 Å². The average molecular weight is 355 g/mol. The largest absolute Gasteiger partial charge is 0.372 e.